The van der Waals surface area contributed by atoms with E-state index in [0.717, 1.165) is 26.2 Å². The minimum Gasteiger partial charge on any atom is -0.299 e. The summed E-state index contributed by atoms with van der Waals surface area (Å²) in [6, 6.07) is 18.1. The summed E-state index contributed by atoms with van der Waals surface area (Å²) in [5.74, 6) is 0. The SMILES string of the molecule is c1ccc2c(c1)CN(Cc1ccc(CN3CCCCC3)cc1)C2. The highest BCUT2D eigenvalue weighted by molar-refractivity contribution is 5.31. The van der Waals surface area contributed by atoms with Gasteiger partial charge in [0.15, 0.2) is 0 Å². The van der Waals surface area contributed by atoms with E-state index in [1.807, 2.05) is 0 Å². The fourth-order valence-electron chi connectivity index (χ4n) is 3.90. The summed E-state index contributed by atoms with van der Waals surface area (Å²) in [6.45, 7) is 6.90. The van der Waals surface area contributed by atoms with Crippen LogP contribution < -0.4 is 0 Å². The average molecular weight is 306 g/mol. The molecule has 0 aliphatic carbocycles. The Morgan fingerprint density at radius 3 is 1.70 bits per heavy atom. The Morgan fingerprint density at radius 1 is 0.609 bits per heavy atom. The molecule has 4 rings (SSSR count). The first-order valence-corrected chi connectivity index (χ1v) is 8.96. The van der Waals surface area contributed by atoms with Crippen LogP contribution in [0.4, 0.5) is 0 Å². The predicted molar refractivity (Wildman–Crippen MR) is 95.0 cm³/mol. The Labute approximate surface area is 139 Å². The maximum Gasteiger partial charge on any atom is 0.0244 e. The summed E-state index contributed by atoms with van der Waals surface area (Å²) in [5.41, 5.74) is 5.88. The van der Waals surface area contributed by atoms with Crippen LogP contribution in [-0.2, 0) is 26.2 Å². The molecule has 23 heavy (non-hydrogen) atoms. The van der Waals surface area contributed by atoms with Gasteiger partial charge in [0.1, 0.15) is 0 Å². The van der Waals surface area contributed by atoms with E-state index in [9.17, 15) is 0 Å². The van der Waals surface area contributed by atoms with Crippen LogP contribution in [0, 0.1) is 0 Å². The number of piperidine rings is 1. The van der Waals surface area contributed by atoms with Crippen molar-refractivity contribution in [3.63, 3.8) is 0 Å². The molecule has 2 nitrogen and oxygen atoms in total. The van der Waals surface area contributed by atoms with E-state index < -0.39 is 0 Å². The largest absolute Gasteiger partial charge is 0.299 e. The average Bonchev–Trinajstić information content (AvgIpc) is 3.00. The van der Waals surface area contributed by atoms with Crippen LogP contribution >= 0.6 is 0 Å². The summed E-state index contributed by atoms with van der Waals surface area (Å²) >= 11 is 0. The number of fused-ring (bicyclic) bond motifs is 1. The minimum atomic E-state index is 1.05. The van der Waals surface area contributed by atoms with Gasteiger partial charge in [0.05, 0.1) is 0 Å². The van der Waals surface area contributed by atoms with Crippen molar-refractivity contribution in [2.24, 2.45) is 0 Å². The van der Waals surface area contributed by atoms with E-state index in [1.54, 1.807) is 0 Å². The summed E-state index contributed by atoms with van der Waals surface area (Å²) in [6.07, 6.45) is 4.15. The molecular weight excluding hydrogens is 280 g/mol. The van der Waals surface area contributed by atoms with Crippen molar-refractivity contribution < 1.29 is 0 Å². The zero-order chi connectivity index (χ0) is 15.5. The van der Waals surface area contributed by atoms with Gasteiger partial charge in [0, 0.05) is 26.2 Å². The van der Waals surface area contributed by atoms with E-state index >= 15 is 0 Å². The first kappa shape index (κ1) is 14.9. The van der Waals surface area contributed by atoms with Gasteiger partial charge < -0.3 is 0 Å². The van der Waals surface area contributed by atoms with Crippen molar-refractivity contribution in [3.05, 3.63) is 70.8 Å². The molecule has 2 aromatic carbocycles. The van der Waals surface area contributed by atoms with Crippen molar-refractivity contribution in [3.8, 4) is 0 Å². The molecule has 0 atom stereocenters. The Morgan fingerprint density at radius 2 is 1.13 bits per heavy atom. The molecule has 2 aliphatic heterocycles. The molecule has 1 saturated heterocycles. The third kappa shape index (κ3) is 3.65. The smallest absolute Gasteiger partial charge is 0.0244 e. The normalized spacial score (nSPS) is 19.0. The lowest BCUT2D eigenvalue weighted by atomic mass is 10.1. The van der Waals surface area contributed by atoms with Gasteiger partial charge in [-0.2, -0.15) is 0 Å². The van der Waals surface area contributed by atoms with Crippen LogP contribution in [0.5, 0.6) is 0 Å². The molecule has 2 heteroatoms. The lowest BCUT2D eigenvalue weighted by Crippen LogP contribution is -2.29. The first-order chi connectivity index (χ1) is 11.4. The number of nitrogens with zero attached hydrogens (tertiary/aromatic N) is 2. The van der Waals surface area contributed by atoms with Crippen LogP contribution in [0.2, 0.25) is 0 Å². The van der Waals surface area contributed by atoms with E-state index in [4.69, 9.17) is 0 Å². The molecule has 0 amide bonds. The molecule has 0 radical (unpaired) electrons. The molecule has 2 aliphatic rings. The van der Waals surface area contributed by atoms with Crippen molar-refractivity contribution in [1.29, 1.82) is 0 Å². The van der Waals surface area contributed by atoms with E-state index in [-0.39, 0.29) is 0 Å². The lowest BCUT2D eigenvalue weighted by molar-refractivity contribution is 0.221. The standard InChI is InChI=1S/C21H26N2/c1-4-12-22(13-5-1)14-18-8-10-19(11-9-18)15-23-16-20-6-2-3-7-21(20)17-23/h2-3,6-11H,1,4-5,12-17H2. The maximum absolute atomic E-state index is 2.59. The molecule has 0 aromatic heterocycles. The quantitative estimate of drug-likeness (QED) is 0.836. The summed E-state index contributed by atoms with van der Waals surface area (Å²) in [7, 11) is 0. The highest BCUT2D eigenvalue weighted by Crippen LogP contribution is 2.24. The van der Waals surface area contributed by atoms with Gasteiger partial charge in [-0.05, 0) is 48.2 Å². The van der Waals surface area contributed by atoms with Crippen LogP contribution in [0.15, 0.2) is 48.5 Å². The maximum atomic E-state index is 2.59. The van der Waals surface area contributed by atoms with Crippen molar-refractivity contribution in [2.45, 2.75) is 45.4 Å². The molecule has 2 heterocycles. The van der Waals surface area contributed by atoms with Gasteiger partial charge in [-0.25, -0.2) is 0 Å². The summed E-state index contributed by atoms with van der Waals surface area (Å²) in [5, 5.41) is 0. The van der Waals surface area contributed by atoms with Gasteiger partial charge in [0.25, 0.3) is 0 Å². The molecule has 0 saturated carbocycles. The Kier molecular flexibility index (Phi) is 4.45. The second kappa shape index (κ2) is 6.86. The van der Waals surface area contributed by atoms with Gasteiger partial charge >= 0.3 is 0 Å². The van der Waals surface area contributed by atoms with Crippen LogP contribution in [0.25, 0.3) is 0 Å². The van der Waals surface area contributed by atoms with E-state index in [2.05, 4.69) is 58.3 Å². The zero-order valence-electron chi connectivity index (χ0n) is 13.9. The number of hydrogen-bond acceptors (Lipinski definition) is 2. The van der Waals surface area contributed by atoms with Crippen LogP contribution in [0.1, 0.15) is 41.5 Å². The molecule has 0 N–H and O–H groups in total. The van der Waals surface area contributed by atoms with E-state index in [0.29, 0.717) is 0 Å². The van der Waals surface area contributed by atoms with Crippen molar-refractivity contribution in [1.82, 2.24) is 9.80 Å². The molecule has 1 fully saturated rings. The van der Waals surface area contributed by atoms with Crippen molar-refractivity contribution >= 4 is 0 Å². The topological polar surface area (TPSA) is 6.48 Å². The van der Waals surface area contributed by atoms with Gasteiger partial charge in [0.2, 0.25) is 0 Å². The molecule has 0 spiro atoms. The highest BCUT2D eigenvalue weighted by Gasteiger charge is 2.18. The first-order valence-electron chi connectivity index (χ1n) is 8.96. The fourth-order valence-corrected chi connectivity index (χ4v) is 3.90. The van der Waals surface area contributed by atoms with Gasteiger partial charge in [-0.15, -0.1) is 0 Å². The Hall–Kier alpha value is -1.64. The second-order valence-corrected chi connectivity index (χ2v) is 7.07. The highest BCUT2D eigenvalue weighted by atomic mass is 15.1. The Bertz CT molecular complexity index is 616. The third-order valence-corrected chi connectivity index (χ3v) is 5.19. The predicted octanol–water partition coefficient (Wildman–Crippen LogP) is 4.19. The summed E-state index contributed by atoms with van der Waals surface area (Å²) < 4.78 is 0. The Balaban J connectivity index is 1.34. The number of likely N-dealkylation sites (tertiary alicyclic amines) is 1. The third-order valence-electron chi connectivity index (χ3n) is 5.19. The van der Waals surface area contributed by atoms with Crippen molar-refractivity contribution in [2.75, 3.05) is 13.1 Å². The van der Waals surface area contributed by atoms with Gasteiger partial charge in [-0.3, -0.25) is 9.80 Å². The molecule has 0 bridgehead atoms. The van der Waals surface area contributed by atoms with Gasteiger partial charge in [-0.1, -0.05) is 55.0 Å². The van der Waals surface area contributed by atoms with E-state index in [1.165, 1.54) is 54.6 Å². The monoisotopic (exact) mass is 306 g/mol. The molecular formula is C21H26N2. The molecule has 0 unspecified atom stereocenters. The fraction of sp³-hybridized carbons (Fsp3) is 0.429. The number of rotatable bonds is 4. The van der Waals surface area contributed by atoms with Crippen LogP contribution in [0.3, 0.4) is 0 Å². The number of benzene rings is 2. The van der Waals surface area contributed by atoms with Crippen LogP contribution in [-0.4, -0.2) is 22.9 Å². The minimum absolute atomic E-state index is 1.05. The molecule has 2 aromatic rings. The summed E-state index contributed by atoms with van der Waals surface area (Å²) in [4.78, 5) is 5.12. The second-order valence-electron chi connectivity index (χ2n) is 7.07. The lowest BCUT2D eigenvalue weighted by Gasteiger charge is -2.26. The molecule has 120 valence electrons. The number of hydrogen-bond donors (Lipinski definition) is 0. The zero-order valence-corrected chi connectivity index (χ0v) is 13.9.